The van der Waals surface area contributed by atoms with Crippen molar-refractivity contribution < 1.29 is 9.59 Å². The molecule has 0 aliphatic heterocycles. The third-order valence-electron chi connectivity index (χ3n) is 3.73. The average molecular weight is 373 g/mol. The fourth-order valence-electron chi connectivity index (χ4n) is 2.19. The van der Waals surface area contributed by atoms with Crippen LogP contribution in [0.3, 0.4) is 0 Å². The largest absolute Gasteiger partial charge is 0.352 e. The maximum absolute atomic E-state index is 12.2. The van der Waals surface area contributed by atoms with Crippen molar-refractivity contribution >= 4 is 33.4 Å². The van der Waals surface area contributed by atoms with E-state index in [4.69, 9.17) is 0 Å². The number of hydrogen-bond acceptors (Lipinski definition) is 2. The topological polar surface area (TPSA) is 58.2 Å². The maximum Gasteiger partial charge on any atom is 0.255 e. The van der Waals surface area contributed by atoms with Crippen molar-refractivity contribution in [2.45, 2.75) is 19.4 Å². The Labute approximate surface area is 143 Å². The van der Waals surface area contributed by atoms with Gasteiger partial charge in [-0.3, -0.25) is 9.59 Å². The molecule has 0 atom stereocenters. The van der Waals surface area contributed by atoms with Crippen molar-refractivity contribution in [3.63, 3.8) is 0 Å². The predicted molar refractivity (Wildman–Crippen MR) is 93.1 cm³/mol. The van der Waals surface area contributed by atoms with Gasteiger partial charge in [0.25, 0.3) is 5.91 Å². The van der Waals surface area contributed by atoms with Gasteiger partial charge in [0.2, 0.25) is 5.91 Å². The minimum atomic E-state index is -0.152. The lowest BCUT2D eigenvalue weighted by Gasteiger charge is -2.07. The molecule has 2 aromatic rings. The van der Waals surface area contributed by atoms with Crippen LogP contribution in [0.25, 0.3) is 0 Å². The molecular formula is C18H17BrN2O2. The van der Waals surface area contributed by atoms with Gasteiger partial charge in [-0.2, -0.15) is 0 Å². The third-order valence-corrected chi connectivity index (χ3v) is 4.26. The first-order chi connectivity index (χ1) is 11.1. The highest BCUT2D eigenvalue weighted by Crippen LogP contribution is 2.28. The van der Waals surface area contributed by atoms with E-state index in [9.17, 15) is 9.59 Å². The third kappa shape index (κ3) is 4.42. The Morgan fingerprint density at radius 2 is 1.65 bits per heavy atom. The molecule has 3 rings (SSSR count). The lowest BCUT2D eigenvalue weighted by Crippen LogP contribution is -2.24. The summed E-state index contributed by atoms with van der Waals surface area (Å²) in [5, 5.41) is 5.76. The van der Waals surface area contributed by atoms with E-state index in [-0.39, 0.29) is 17.7 Å². The Kier molecular flexibility index (Phi) is 4.76. The first-order valence-corrected chi connectivity index (χ1v) is 8.35. The zero-order valence-corrected chi connectivity index (χ0v) is 14.1. The number of carbonyl (C=O) groups is 2. The van der Waals surface area contributed by atoms with Crippen molar-refractivity contribution in [3.05, 3.63) is 64.1 Å². The van der Waals surface area contributed by atoms with Gasteiger partial charge >= 0.3 is 0 Å². The van der Waals surface area contributed by atoms with E-state index in [1.165, 1.54) is 0 Å². The Morgan fingerprint density at radius 3 is 2.26 bits per heavy atom. The van der Waals surface area contributed by atoms with Crippen molar-refractivity contribution in [1.82, 2.24) is 5.32 Å². The molecule has 1 fully saturated rings. The molecule has 23 heavy (non-hydrogen) atoms. The van der Waals surface area contributed by atoms with Gasteiger partial charge in [0.15, 0.2) is 0 Å². The van der Waals surface area contributed by atoms with Gasteiger partial charge in [-0.15, -0.1) is 0 Å². The molecule has 118 valence electrons. The molecular weight excluding hydrogens is 356 g/mol. The summed E-state index contributed by atoms with van der Waals surface area (Å²) in [6.45, 7) is 0.504. The zero-order valence-electron chi connectivity index (χ0n) is 12.5. The highest BCUT2D eigenvalue weighted by molar-refractivity contribution is 9.10. The van der Waals surface area contributed by atoms with E-state index in [1.807, 2.05) is 36.4 Å². The standard InChI is InChI=1S/C18H17BrN2O2/c19-15-7-9-16(10-8-15)21-18(23)14-3-1-12(2-4-14)11-20-17(22)13-5-6-13/h1-4,7-10,13H,5-6,11H2,(H,20,22)(H,21,23). The number of rotatable bonds is 5. The summed E-state index contributed by atoms with van der Waals surface area (Å²) >= 11 is 3.36. The van der Waals surface area contributed by atoms with E-state index in [2.05, 4.69) is 26.6 Å². The van der Waals surface area contributed by atoms with E-state index < -0.39 is 0 Å². The van der Waals surface area contributed by atoms with Crippen LogP contribution < -0.4 is 10.6 Å². The van der Waals surface area contributed by atoms with Crippen molar-refractivity contribution in [1.29, 1.82) is 0 Å². The first-order valence-electron chi connectivity index (χ1n) is 7.55. The molecule has 0 bridgehead atoms. The fourth-order valence-corrected chi connectivity index (χ4v) is 2.45. The smallest absolute Gasteiger partial charge is 0.255 e. The van der Waals surface area contributed by atoms with Crippen molar-refractivity contribution in [3.8, 4) is 0 Å². The molecule has 0 unspecified atom stereocenters. The number of hydrogen-bond donors (Lipinski definition) is 2. The molecule has 2 amide bonds. The summed E-state index contributed by atoms with van der Waals surface area (Å²) in [6.07, 6.45) is 2.00. The van der Waals surface area contributed by atoms with Crippen LogP contribution >= 0.6 is 15.9 Å². The van der Waals surface area contributed by atoms with Gasteiger partial charge in [0.1, 0.15) is 0 Å². The number of halogens is 1. The van der Waals surface area contributed by atoms with Crippen LogP contribution in [0.2, 0.25) is 0 Å². The quantitative estimate of drug-likeness (QED) is 0.839. The molecule has 0 heterocycles. The number of carbonyl (C=O) groups excluding carboxylic acids is 2. The summed E-state index contributed by atoms with van der Waals surface area (Å²) in [5.41, 5.74) is 2.32. The molecule has 1 aliphatic carbocycles. The van der Waals surface area contributed by atoms with Crippen LogP contribution in [0.4, 0.5) is 5.69 Å². The number of benzene rings is 2. The van der Waals surface area contributed by atoms with Crippen LogP contribution in [0.1, 0.15) is 28.8 Å². The van der Waals surface area contributed by atoms with Gasteiger partial charge in [0.05, 0.1) is 0 Å². The van der Waals surface area contributed by atoms with Gasteiger partial charge < -0.3 is 10.6 Å². The van der Waals surface area contributed by atoms with Gasteiger partial charge in [-0.1, -0.05) is 28.1 Å². The Bertz CT molecular complexity index is 707. The molecule has 5 heteroatoms. The molecule has 2 N–H and O–H groups in total. The molecule has 0 spiro atoms. The molecule has 4 nitrogen and oxygen atoms in total. The lowest BCUT2D eigenvalue weighted by atomic mass is 10.1. The summed E-state index contributed by atoms with van der Waals surface area (Å²) in [7, 11) is 0. The van der Waals surface area contributed by atoms with Gasteiger partial charge in [-0.05, 0) is 54.8 Å². The first kappa shape index (κ1) is 15.7. The summed E-state index contributed by atoms with van der Waals surface area (Å²) in [5.74, 6) is 0.189. The highest BCUT2D eigenvalue weighted by Gasteiger charge is 2.29. The fraction of sp³-hybridized carbons (Fsp3) is 0.222. The summed E-state index contributed by atoms with van der Waals surface area (Å²) in [4.78, 5) is 23.8. The van der Waals surface area contributed by atoms with E-state index >= 15 is 0 Å². The second-order valence-electron chi connectivity index (χ2n) is 5.65. The molecule has 0 aromatic heterocycles. The molecule has 2 aromatic carbocycles. The Balaban J connectivity index is 1.56. The van der Waals surface area contributed by atoms with Crippen LogP contribution in [-0.4, -0.2) is 11.8 Å². The average Bonchev–Trinajstić information content (AvgIpc) is 3.40. The second-order valence-corrected chi connectivity index (χ2v) is 6.57. The minimum Gasteiger partial charge on any atom is -0.352 e. The minimum absolute atomic E-state index is 0.127. The van der Waals surface area contributed by atoms with E-state index in [0.717, 1.165) is 28.6 Å². The Hall–Kier alpha value is -2.14. The van der Waals surface area contributed by atoms with Crippen LogP contribution in [-0.2, 0) is 11.3 Å². The number of anilines is 1. The number of amides is 2. The Morgan fingerprint density at radius 1 is 1.00 bits per heavy atom. The highest BCUT2D eigenvalue weighted by atomic mass is 79.9. The van der Waals surface area contributed by atoms with Crippen molar-refractivity contribution in [2.24, 2.45) is 5.92 Å². The SMILES string of the molecule is O=C(Nc1ccc(Br)cc1)c1ccc(CNC(=O)C2CC2)cc1. The van der Waals surface area contributed by atoms with Crippen molar-refractivity contribution in [2.75, 3.05) is 5.32 Å². The van der Waals surface area contributed by atoms with Gasteiger partial charge in [-0.25, -0.2) is 0 Å². The second kappa shape index (κ2) is 6.96. The molecule has 1 saturated carbocycles. The maximum atomic E-state index is 12.2. The zero-order chi connectivity index (χ0) is 16.2. The monoisotopic (exact) mass is 372 g/mol. The number of nitrogens with one attached hydrogen (secondary N) is 2. The van der Waals surface area contributed by atoms with E-state index in [0.29, 0.717) is 12.1 Å². The van der Waals surface area contributed by atoms with Crippen LogP contribution in [0.5, 0.6) is 0 Å². The van der Waals surface area contributed by atoms with Crippen LogP contribution in [0.15, 0.2) is 53.0 Å². The van der Waals surface area contributed by atoms with E-state index in [1.54, 1.807) is 12.1 Å². The molecule has 0 radical (unpaired) electrons. The molecule has 1 aliphatic rings. The normalized spacial score (nSPS) is 13.4. The lowest BCUT2D eigenvalue weighted by molar-refractivity contribution is -0.122. The van der Waals surface area contributed by atoms with Gasteiger partial charge in [0, 0.05) is 28.2 Å². The summed E-state index contributed by atoms with van der Waals surface area (Å²) < 4.78 is 0.966. The molecule has 0 saturated heterocycles. The summed E-state index contributed by atoms with van der Waals surface area (Å²) in [6, 6.07) is 14.7. The predicted octanol–water partition coefficient (Wildman–Crippen LogP) is 3.73. The van der Waals surface area contributed by atoms with Crippen LogP contribution in [0, 0.1) is 5.92 Å².